The van der Waals surface area contributed by atoms with E-state index in [0.717, 1.165) is 22.7 Å². The highest BCUT2D eigenvalue weighted by Crippen LogP contribution is 2.20. The molecule has 1 amide bonds. The summed E-state index contributed by atoms with van der Waals surface area (Å²) in [5.74, 6) is 0.680. The molecule has 132 valence electrons. The number of furan rings is 1. The SMILES string of the molecule is O=C(Cc1ccccc1Cl)NCCn1ccn2nc(-c3ccco3)cc12. The standard InChI is InChI=1S/C19H17ClN4O2/c20-15-5-2-1-4-14(15)12-18(25)21-7-8-23-9-10-24-19(23)13-16(22-24)17-6-3-11-26-17/h1-6,9-11,13H,7-8,12H2,(H,21,25). The number of nitrogens with one attached hydrogen (secondary N) is 1. The van der Waals surface area contributed by atoms with Crippen LogP contribution in [-0.4, -0.2) is 26.6 Å². The number of hydrogen-bond acceptors (Lipinski definition) is 3. The number of carbonyl (C=O) groups excluding carboxylic acids is 1. The summed E-state index contributed by atoms with van der Waals surface area (Å²) < 4.78 is 9.22. The monoisotopic (exact) mass is 368 g/mol. The summed E-state index contributed by atoms with van der Waals surface area (Å²) in [7, 11) is 0. The Balaban J connectivity index is 1.37. The topological polar surface area (TPSA) is 64.5 Å². The molecule has 1 aromatic carbocycles. The van der Waals surface area contributed by atoms with E-state index in [0.29, 0.717) is 18.1 Å². The molecular weight excluding hydrogens is 352 g/mol. The maximum atomic E-state index is 12.1. The summed E-state index contributed by atoms with van der Waals surface area (Å²) in [6.45, 7) is 1.17. The molecule has 1 N–H and O–H groups in total. The Kier molecular flexibility index (Phi) is 4.50. The minimum Gasteiger partial charge on any atom is -0.463 e. The largest absolute Gasteiger partial charge is 0.463 e. The number of hydrogen-bond donors (Lipinski definition) is 1. The van der Waals surface area contributed by atoms with Crippen LogP contribution in [0.1, 0.15) is 5.56 Å². The molecule has 0 saturated carbocycles. The van der Waals surface area contributed by atoms with Crippen LogP contribution in [0.5, 0.6) is 0 Å². The predicted octanol–water partition coefficient (Wildman–Crippen LogP) is 3.41. The minimum atomic E-state index is -0.0499. The van der Waals surface area contributed by atoms with E-state index >= 15 is 0 Å². The van der Waals surface area contributed by atoms with Crippen molar-refractivity contribution < 1.29 is 9.21 Å². The van der Waals surface area contributed by atoms with E-state index in [1.54, 1.807) is 16.8 Å². The quantitative estimate of drug-likeness (QED) is 0.567. The highest BCUT2D eigenvalue weighted by molar-refractivity contribution is 6.31. The number of aromatic nitrogens is 3. The van der Waals surface area contributed by atoms with Gasteiger partial charge in [0.25, 0.3) is 0 Å². The molecule has 4 rings (SSSR count). The fraction of sp³-hybridized carbons (Fsp3) is 0.158. The Morgan fingerprint density at radius 2 is 2.08 bits per heavy atom. The van der Waals surface area contributed by atoms with Crippen molar-refractivity contribution in [3.63, 3.8) is 0 Å². The Bertz CT molecular complexity index is 1030. The van der Waals surface area contributed by atoms with Crippen LogP contribution >= 0.6 is 11.6 Å². The van der Waals surface area contributed by atoms with E-state index in [1.165, 1.54) is 0 Å². The van der Waals surface area contributed by atoms with Gasteiger partial charge in [-0.05, 0) is 23.8 Å². The summed E-state index contributed by atoms with van der Waals surface area (Å²) in [6, 6.07) is 13.1. The number of amides is 1. The van der Waals surface area contributed by atoms with Crippen LogP contribution in [0.15, 0.2) is 65.5 Å². The van der Waals surface area contributed by atoms with Gasteiger partial charge in [0.05, 0.1) is 12.7 Å². The van der Waals surface area contributed by atoms with Crippen molar-refractivity contribution in [2.45, 2.75) is 13.0 Å². The number of carbonyl (C=O) groups is 1. The van der Waals surface area contributed by atoms with E-state index in [2.05, 4.69) is 10.4 Å². The molecule has 3 aromatic heterocycles. The molecule has 0 radical (unpaired) electrons. The van der Waals surface area contributed by atoms with Crippen molar-refractivity contribution in [1.82, 2.24) is 19.5 Å². The zero-order valence-electron chi connectivity index (χ0n) is 13.9. The third-order valence-corrected chi connectivity index (χ3v) is 4.52. The molecule has 0 aliphatic heterocycles. The Labute approximate surface area is 155 Å². The molecule has 0 aliphatic rings. The zero-order valence-corrected chi connectivity index (χ0v) is 14.7. The highest BCUT2D eigenvalue weighted by atomic mass is 35.5. The molecule has 3 heterocycles. The third kappa shape index (κ3) is 3.36. The molecular formula is C19H17ClN4O2. The van der Waals surface area contributed by atoms with Gasteiger partial charge in [-0.2, -0.15) is 5.10 Å². The van der Waals surface area contributed by atoms with Crippen molar-refractivity contribution in [3.05, 3.63) is 71.7 Å². The molecule has 0 unspecified atom stereocenters. The van der Waals surface area contributed by atoms with Crippen molar-refractivity contribution in [3.8, 4) is 11.5 Å². The Morgan fingerprint density at radius 3 is 2.88 bits per heavy atom. The second kappa shape index (κ2) is 7.09. The number of fused-ring (bicyclic) bond motifs is 1. The van der Waals surface area contributed by atoms with Gasteiger partial charge < -0.3 is 14.3 Å². The summed E-state index contributed by atoms with van der Waals surface area (Å²) in [6.07, 6.45) is 5.72. The highest BCUT2D eigenvalue weighted by Gasteiger charge is 2.10. The lowest BCUT2D eigenvalue weighted by molar-refractivity contribution is -0.120. The Hall–Kier alpha value is -2.99. The lowest BCUT2D eigenvalue weighted by Crippen LogP contribution is -2.28. The molecule has 0 atom stereocenters. The van der Waals surface area contributed by atoms with Gasteiger partial charge in [-0.25, -0.2) is 4.52 Å². The van der Waals surface area contributed by atoms with E-state index in [4.69, 9.17) is 16.0 Å². The van der Waals surface area contributed by atoms with Gasteiger partial charge in [0.1, 0.15) is 11.3 Å². The number of benzene rings is 1. The van der Waals surface area contributed by atoms with Gasteiger partial charge in [0.15, 0.2) is 5.76 Å². The van der Waals surface area contributed by atoms with Crippen molar-refractivity contribution in [2.24, 2.45) is 0 Å². The second-order valence-electron chi connectivity index (χ2n) is 5.92. The van der Waals surface area contributed by atoms with E-state index in [-0.39, 0.29) is 12.3 Å². The zero-order chi connectivity index (χ0) is 17.9. The van der Waals surface area contributed by atoms with Crippen molar-refractivity contribution in [1.29, 1.82) is 0 Å². The van der Waals surface area contributed by atoms with Crippen molar-refractivity contribution in [2.75, 3.05) is 6.54 Å². The molecule has 7 heteroatoms. The molecule has 26 heavy (non-hydrogen) atoms. The lowest BCUT2D eigenvalue weighted by atomic mass is 10.1. The summed E-state index contributed by atoms with van der Waals surface area (Å²) in [5, 5.41) is 8.02. The smallest absolute Gasteiger partial charge is 0.224 e. The van der Waals surface area contributed by atoms with E-state index < -0.39 is 0 Å². The summed E-state index contributed by atoms with van der Waals surface area (Å²) >= 11 is 6.09. The second-order valence-corrected chi connectivity index (χ2v) is 6.33. The fourth-order valence-corrected chi connectivity index (χ4v) is 3.06. The first-order chi connectivity index (χ1) is 12.7. The van der Waals surface area contributed by atoms with Crippen LogP contribution < -0.4 is 5.32 Å². The lowest BCUT2D eigenvalue weighted by Gasteiger charge is -2.07. The van der Waals surface area contributed by atoms with Crippen molar-refractivity contribution >= 4 is 23.2 Å². The van der Waals surface area contributed by atoms with Gasteiger partial charge in [0.2, 0.25) is 5.91 Å². The molecule has 0 spiro atoms. The molecule has 0 bridgehead atoms. The maximum Gasteiger partial charge on any atom is 0.224 e. The molecule has 0 saturated heterocycles. The minimum absolute atomic E-state index is 0.0499. The molecule has 0 fully saturated rings. The molecule has 6 nitrogen and oxygen atoms in total. The van der Waals surface area contributed by atoms with Gasteiger partial charge >= 0.3 is 0 Å². The van der Waals surface area contributed by atoms with Crippen LogP contribution in [0.2, 0.25) is 5.02 Å². The number of nitrogens with zero attached hydrogens (tertiary/aromatic N) is 3. The van der Waals surface area contributed by atoms with Gasteiger partial charge in [-0.3, -0.25) is 4.79 Å². The van der Waals surface area contributed by atoms with Crippen LogP contribution in [0.4, 0.5) is 0 Å². The van der Waals surface area contributed by atoms with E-state index in [9.17, 15) is 4.79 Å². The average Bonchev–Trinajstić information content (AvgIpc) is 3.34. The average molecular weight is 369 g/mol. The van der Waals surface area contributed by atoms with Crippen LogP contribution in [0.3, 0.4) is 0 Å². The third-order valence-electron chi connectivity index (χ3n) is 4.16. The number of halogens is 1. The number of imidazole rings is 1. The van der Waals surface area contributed by atoms with E-state index in [1.807, 2.05) is 53.4 Å². The normalized spacial score (nSPS) is 11.1. The molecule has 0 aliphatic carbocycles. The fourth-order valence-electron chi connectivity index (χ4n) is 2.86. The first kappa shape index (κ1) is 16.5. The van der Waals surface area contributed by atoms with Crippen LogP contribution in [0.25, 0.3) is 17.1 Å². The first-order valence-corrected chi connectivity index (χ1v) is 8.67. The number of rotatable bonds is 6. The van der Waals surface area contributed by atoms with Crippen LogP contribution in [-0.2, 0) is 17.8 Å². The van der Waals surface area contributed by atoms with Gasteiger partial charge in [-0.15, -0.1) is 0 Å². The molecule has 4 aromatic rings. The summed E-state index contributed by atoms with van der Waals surface area (Å²) in [5.41, 5.74) is 2.55. The summed E-state index contributed by atoms with van der Waals surface area (Å²) in [4.78, 5) is 12.1. The predicted molar refractivity (Wildman–Crippen MR) is 99.0 cm³/mol. The van der Waals surface area contributed by atoms with Crippen LogP contribution in [0, 0.1) is 0 Å². The maximum absolute atomic E-state index is 12.1. The van der Waals surface area contributed by atoms with Gasteiger partial charge in [0, 0.05) is 36.6 Å². The Morgan fingerprint density at radius 1 is 1.19 bits per heavy atom. The first-order valence-electron chi connectivity index (χ1n) is 8.29. The van der Waals surface area contributed by atoms with Gasteiger partial charge in [-0.1, -0.05) is 29.8 Å².